The van der Waals surface area contributed by atoms with E-state index < -0.39 is 0 Å². The Hall–Kier alpha value is -4.74. The molecule has 2 aromatic rings. The predicted molar refractivity (Wildman–Crippen MR) is 309 cm³/mol. The molecule has 0 amide bonds. The third-order valence-corrected chi connectivity index (χ3v) is 13.5. The molecule has 3 N–H and O–H groups in total. The smallest absolute Gasteiger partial charge is 0.163 e. The molecule has 4 heterocycles. The van der Waals surface area contributed by atoms with Crippen LogP contribution in [0.1, 0.15) is 75.4 Å². The van der Waals surface area contributed by atoms with Gasteiger partial charge in [0.05, 0.1) is 133 Å². The summed E-state index contributed by atoms with van der Waals surface area (Å²) >= 11 is 0. The molecule has 5 rings (SSSR count). The lowest BCUT2D eigenvalue weighted by atomic mass is 9.96. The highest BCUT2D eigenvalue weighted by Crippen LogP contribution is 2.37. The van der Waals surface area contributed by atoms with Crippen molar-refractivity contribution in [2.45, 2.75) is 66.2 Å². The number of ether oxygens (including phenoxy) is 10. The van der Waals surface area contributed by atoms with Crippen LogP contribution in [0.4, 0.5) is 5.69 Å². The summed E-state index contributed by atoms with van der Waals surface area (Å²) in [5.74, 6) is 1.10. The number of aliphatic imine (C=N–C) groups is 4. The largest absolute Gasteiger partial charge is 0.487 e. The molecule has 0 atom stereocenters. The number of hydrogen-bond donors (Lipinski definition) is 3. The molecule has 1 saturated heterocycles. The van der Waals surface area contributed by atoms with Crippen molar-refractivity contribution in [2.24, 2.45) is 20.0 Å². The predicted octanol–water partition coefficient (Wildman–Crippen LogP) is 6.81. The van der Waals surface area contributed by atoms with E-state index in [9.17, 15) is 10.2 Å². The van der Waals surface area contributed by atoms with Gasteiger partial charge < -0.3 is 62.6 Å². The van der Waals surface area contributed by atoms with Crippen LogP contribution in [0.5, 0.6) is 11.5 Å². The van der Waals surface area contributed by atoms with Crippen molar-refractivity contribution < 1.29 is 57.6 Å². The van der Waals surface area contributed by atoms with E-state index in [1.54, 1.807) is 27.5 Å². The second-order valence-corrected chi connectivity index (χ2v) is 18.8. The highest BCUT2D eigenvalue weighted by Gasteiger charge is 2.26. The molecule has 0 radical (unpaired) electrons. The van der Waals surface area contributed by atoms with Crippen LogP contribution < -0.4 is 9.47 Å². The zero-order valence-electron chi connectivity index (χ0n) is 47.9. The number of nitrogens with one attached hydrogen (secondary N) is 1. The quantitative estimate of drug-likeness (QED) is 0.0462. The third kappa shape index (κ3) is 21.7. The first-order valence-corrected chi connectivity index (χ1v) is 28.0. The van der Waals surface area contributed by atoms with Crippen molar-refractivity contribution in [1.29, 1.82) is 0 Å². The minimum absolute atomic E-state index is 0.0659. The number of aliphatic hydroxyl groups excluding tert-OH is 2. The highest BCUT2D eigenvalue weighted by molar-refractivity contribution is 6.40. The Morgan fingerprint density at radius 2 is 1.09 bits per heavy atom. The van der Waals surface area contributed by atoms with E-state index in [1.807, 2.05) is 24.4 Å². The van der Waals surface area contributed by atoms with Crippen molar-refractivity contribution in [1.82, 2.24) is 14.8 Å². The molecule has 19 nitrogen and oxygen atoms in total. The SMILES string of the molecule is CCC1=C(CC)C(/C=C2\N=C(C=Nc3ccc(OCCOCCOCCOC)c(OCCOCCOCCN4CCN(CCOCCOCCOC)CC4)c3)C(C)=C2CCCO)=NC1=Cc1[nH]c(C=NC)c(C)c1CCCO. The number of aliphatic hydroxyl groups is 2. The summed E-state index contributed by atoms with van der Waals surface area (Å²) < 4.78 is 56.7. The number of H-pyrrole nitrogens is 1. The normalized spacial score (nSPS) is 16.7. The summed E-state index contributed by atoms with van der Waals surface area (Å²) in [6.07, 6.45) is 12.1. The third-order valence-electron chi connectivity index (χ3n) is 13.5. The van der Waals surface area contributed by atoms with Gasteiger partial charge in [0.15, 0.2) is 11.5 Å². The average Bonchev–Trinajstić information content (AvgIpc) is 4.08. The average molecular weight is 1090 g/mol. The molecule has 3 aliphatic heterocycles. The van der Waals surface area contributed by atoms with E-state index in [0.29, 0.717) is 142 Å². The van der Waals surface area contributed by atoms with Crippen LogP contribution in [0, 0.1) is 6.92 Å². The Labute approximate surface area is 464 Å². The highest BCUT2D eigenvalue weighted by atomic mass is 16.6. The molecule has 434 valence electrons. The molecule has 0 spiro atoms. The van der Waals surface area contributed by atoms with Crippen LogP contribution in [-0.2, 0) is 44.3 Å². The van der Waals surface area contributed by atoms with Crippen molar-refractivity contribution in [2.75, 3.05) is 179 Å². The van der Waals surface area contributed by atoms with Crippen LogP contribution in [0.3, 0.4) is 0 Å². The summed E-state index contributed by atoms with van der Waals surface area (Å²) in [5, 5.41) is 19.6. The Kier molecular flexibility index (Phi) is 31.2. The van der Waals surface area contributed by atoms with E-state index in [1.165, 1.54) is 11.1 Å². The van der Waals surface area contributed by atoms with Gasteiger partial charge in [-0.25, -0.2) is 9.98 Å². The first-order valence-electron chi connectivity index (χ1n) is 28.0. The Morgan fingerprint density at radius 1 is 0.577 bits per heavy atom. The molecule has 0 saturated carbocycles. The van der Waals surface area contributed by atoms with Gasteiger partial charge in [-0.05, 0) is 110 Å². The molecule has 3 aliphatic rings. The first kappa shape index (κ1) is 64.1. The van der Waals surface area contributed by atoms with Crippen molar-refractivity contribution in [3.05, 3.63) is 80.5 Å². The standard InChI is InChI=1S/C59H91N7O12/c1-8-48-49(9-2)53(62-52(48)41-54-50(12-10-22-67)45(3)56(63-54)43-60-5)42-55-51(13-11-23-68)46(4)57(64-55)44-61-47-14-15-58(77-38-36-76-35-34-74-29-27-70-7)59(40-47)78-39-37-75-33-31-72-25-21-66-18-16-65(17-19-66)20-24-71-30-32-73-28-26-69-6/h14-15,40-44,63,67-68H,8-13,16-39H2,1-7H3/b52-41?,55-42-,60-43?,61-44?. The van der Waals surface area contributed by atoms with Gasteiger partial charge in [0.25, 0.3) is 0 Å². The number of methoxy groups -OCH3 is 2. The van der Waals surface area contributed by atoms with Crippen LogP contribution in [0.25, 0.3) is 6.08 Å². The van der Waals surface area contributed by atoms with Gasteiger partial charge in [0.2, 0.25) is 0 Å². The van der Waals surface area contributed by atoms with Crippen LogP contribution in [0.15, 0.2) is 77.9 Å². The Balaban J connectivity index is 1.19. The molecule has 0 aliphatic carbocycles. The number of aromatic nitrogens is 1. The monoisotopic (exact) mass is 1090 g/mol. The minimum atomic E-state index is 0.0659. The van der Waals surface area contributed by atoms with Crippen molar-refractivity contribution in [3.63, 3.8) is 0 Å². The first-order chi connectivity index (χ1) is 38.3. The summed E-state index contributed by atoms with van der Waals surface area (Å²) in [7, 11) is 5.08. The second-order valence-electron chi connectivity index (χ2n) is 18.8. The fourth-order valence-electron chi connectivity index (χ4n) is 9.19. The van der Waals surface area contributed by atoms with Gasteiger partial charge in [-0.15, -0.1) is 0 Å². The topological polar surface area (TPSA) is 204 Å². The summed E-state index contributed by atoms with van der Waals surface area (Å²) in [4.78, 5) is 28.0. The van der Waals surface area contributed by atoms with E-state index >= 15 is 0 Å². The van der Waals surface area contributed by atoms with Gasteiger partial charge in [-0.3, -0.25) is 19.8 Å². The van der Waals surface area contributed by atoms with Crippen LogP contribution >= 0.6 is 0 Å². The molecule has 0 bridgehead atoms. The fraction of sp³-hybridized carbons (Fsp3) is 0.627. The molecule has 19 heteroatoms. The lowest BCUT2D eigenvalue weighted by Gasteiger charge is -2.34. The summed E-state index contributed by atoms with van der Waals surface area (Å²) in [5.41, 5.74) is 12.7. The number of piperazine rings is 1. The number of hydrogen-bond acceptors (Lipinski definition) is 18. The van der Waals surface area contributed by atoms with Crippen LogP contribution in [-0.4, -0.2) is 228 Å². The molecular formula is C59H91N7O12. The number of nitrogens with zero attached hydrogens (tertiary/aromatic N) is 6. The molecule has 1 aromatic heterocycles. The summed E-state index contributed by atoms with van der Waals surface area (Å²) in [6.45, 7) is 22.6. The van der Waals surface area contributed by atoms with Gasteiger partial charge in [-0.1, -0.05) is 13.8 Å². The van der Waals surface area contributed by atoms with Crippen molar-refractivity contribution >= 4 is 35.6 Å². The molecule has 78 heavy (non-hydrogen) atoms. The van der Waals surface area contributed by atoms with E-state index in [2.05, 4.69) is 59.6 Å². The molecular weight excluding hydrogens is 999 g/mol. The van der Waals surface area contributed by atoms with Crippen LogP contribution in [0.2, 0.25) is 0 Å². The van der Waals surface area contributed by atoms with Gasteiger partial charge >= 0.3 is 0 Å². The Morgan fingerprint density at radius 3 is 1.64 bits per heavy atom. The molecule has 1 fully saturated rings. The maximum absolute atomic E-state index is 9.93. The van der Waals surface area contributed by atoms with Gasteiger partial charge in [0, 0.05) is 91.7 Å². The van der Waals surface area contributed by atoms with E-state index in [0.717, 1.165) is 115 Å². The lowest BCUT2D eigenvalue weighted by Crippen LogP contribution is -2.48. The minimum Gasteiger partial charge on any atom is -0.487 e. The van der Waals surface area contributed by atoms with Gasteiger partial charge in [0.1, 0.15) is 13.2 Å². The number of aromatic amines is 1. The fourth-order valence-corrected chi connectivity index (χ4v) is 9.19. The second kappa shape index (κ2) is 38.0. The van der Waals surface area contributed by atoms with Gasteiger partial charge in [-0.2, -0.15) is 0 Å². The summed E-state index contributed by atoms with van der Waals surface area (Å²) in [6, 6.07) is 5.60. The lowest BCUT2D eigenvalue weighted by molar-refractivity contribution is 0.0108. The number of allylic oxidation sites excluding steroid dienone is 5. The van der Waals surface area contributed by atoms with Crippen molar-refractivity contribution in [3.8, 4) is 11.5 Å². The van der Waals surface area contributed by atoms with E-state index in [-0.39, 0.29) is 13.2 Å². The number of rotatable bonds is 42. The zero-order valence-corrected chi connectivity index (χ0v) is 47.9. The molecule has 1 aromatic carbocycles. The maximum atomic E-state index is 9.93. The zero-order chi connectivity index (χ0) is 55.6. The Bertz CT molecular complexity index is 2330. The van der Waals surface area contributed by atoms with E-state index in [4.69, 9.17) is 62.3 Å². The molecule has 0 unspecified atom stereocenters. The number of benzene rings is 1. The maximum Gasteiger partial charge on any atom is 0.163 e.